The number of hydrogen-bond acceptors (Lipinski definition) is 5. The second kappa shape index (κ2) is 12.9. The Morgan fingerprint density at radius 2 is 1.22 bits per heavy atom. The molecule has 0 spiro atoms. The number of ether oxygens (including phenoxy) is 2. The Morgan fingerprint density at radius 3 is 1.61 bits per heavy atom. The van der Waals surface area contributed by atoms with E-state index >= 15 is 0 Å². The number of esters is 2. The van der Waals surface area contributed by atoms with E-state index in [0.717, 1.165) is 69.6 Å². The van der Waals surface area contributed by atoms with Crippen molar-refractivity contribution in [3.05, 3.63) is 0 Å². The van der Waals surface area contributed by atoms with Crippen LogP contribution in [-0.2, 0) is 19.1 Å². The van der Waals surface area contributed by atoms with Gasteiger partial charge in [0.1, 0.15) is 11.2 Å². The van der Waals surface area contributed by atoms with Gasteiger partial charge in [0.2, 0.25) is 0 Å². The molecule has 8 saturated carbocycles. The zero-order valence-electron chi connectivity index (χ0n) is 24.4. The summed E-state index contributed by atoms with van der Waals surface area (Å²) in [4.78, 5) is 24.5. The van der Waals surface area contributed by atoms with Crippen molar-refractivity contribution < 1.29 is 24.2 Å². The molecule has 0 amide bonds. The largest absolute Gasteiger partial charge is 0.459 e. The first kappa shape index (κ1) is 37.9. The van der Waals surface area contributed by atoms with E-state index in [2.05, 4.69) is 13.8 Å². The normalized spacial score (nSPS) is 41.2. The molecule has 8 bridgehead atoms. The summed E-state index contributed by atoms with van der Waals surface area (Å²) in [5, 5.41) is 10.6. The van der Waals surface area contributed by atoms with Crippen molar-refractivity contribution in [1.82, 2.24) is 0 Å². The summed E-state index contributed by atoms with van der Waals surface area (Å²) >= 11 is 0. The van der Waals surface area contributed by atoms with Crippen LogP contribution in [0.1, 0.15) is 161 Å². The van der Waals surface area contributed by atoms with Gasteiger partial charge in [-0.05, 0) is 126 Å². The van der Waals surface area contributed by atoms with Gasteiger partial charge in [-0.25, -0.2) is 0 Å². The lowest BCUT2D eigenvalue weighted by Gasteiger charge is -2.60. The molecule has 5 nitrogen and oxygen atoms in total. The zero-order chi connectivity index (χ0) is 26.9. The lowest BCUT2D eigenvalue weighted by Crippen LogP contribution is -2.60. The predicted molar refractivity (Wildman–Crippen MR) is 171 cm³/mol. The Bertz CT molecular complexity index is 878. The first-order valence-corrected chi connectivity index (χ1v) is 15.4. The number of carbonyl (C=O) groups excluding carboxylic acids is 2. The molecule has 8 rings (SSSR count). The fourth-order valence-electron chi connectivity index (χ4n) is 9.96. The van der Waals surface area contributed by atoms with Crippen LogP contribution in [-0.4, -0.2) is 33.8 Å². The molecule has 0 aromatic heterocycles. The molecule has 8 fully saturated rings. The number of hydrogen-bond donors (Lipinski definition) is 1. The monoisotopic (exact) mass is 581 g/mol. The third-order valence-corrected chi connectivity index (χ3v) is 11.4. The van der Waals surface area contributed by atoms with Crippen molar-refractivity contribution in [3.63, 3.8) is 0 Å². The van der Waals surface area contributed by atoms with E-state index in [1.165, 1.54) is 25.7 Å². The van der Waals surface area contributed by atoms with E-state index in [1.54, 1.807) is 0 Å². The van der Waals surface area contributed by atoms with Gasteiger partial charge in [-0.15, -0.1) is 0 Å². The minimum absolute atomic E-state index is 0. The molecule has 5 heteroatoms. The molecular formula is C36H68O5. The number of rotatable bonds is 6. The van der Waals surface area contributed by atoms with Gasteiger partial charge in [0.05, 0.1) is 16.9 Å². The van der Waals surface area contributed by atoms with Gasteiger partial charge < -0.3 is 14.6 Å². The molecular weight excluding hydrogens is 512 g/mol. The van der Waals surface area contributed by atoms with E-state index in [-0.39, 0.29) is 64.2 Å². The number of carbonyl (C=O) groups is 2. The molecule has 0 heterocycles. The Morgan fingerprint density at radius 1 is 0.780 bits per heavy atom. The first-order valence-electron chi connectivity index (χ1n) is 15.4. The first-order chi connectivity index (χ1) is 17.2. The fraction of sp³-hybridized carbons (Fsp3) is 0.944. The highest BCUT2D eigenvalue weighted by atomic mass is 16.6. The molecule has 5 unspecified atom stereocenters. The molecule has 0 radical (unpaired) electrons. The third-order valence-electron chi connectivity index (χ3n) is 11.4. The highest BCUT2D eigenvalue weighted by molar-refractivity contribution is 5.76. The maximum absolute atomic E-state index is 12.5. The lowest BCUT2D eigenvalue weighted by atomic mass is 9.48. The average molecular weight is 581 g/mol. The molecule has 0 aliphatic heterocycles. The molecule has 8 aliphatic carbocycles. The molecule has 0 aromatic rings. The van der Waals surface area contributed by atoms with E-state index < -0.39 is 5.60 Å². The van der Waals surface area contributed by atoms with Crippen molar-refractivity contribution in [3.8, 4) is 0 Å². The van der Waals surface area contributed by atoms with E-state index in [0.29, 0.717) is 23.7 Å². The van der Waals surface area contributed by atoms with E-state index in [4.69, 9.17) is 9.47 Å². The minimum atomic E-state index is -0.542. The quantitative estimate of drug-likeness (QED) is 0.317. The third kappa shape index (κ3) is 7.52. The van der Waals surface area contributed by atoms with Crippen LogP contribution in [0.3, 0.4) is 0 Å². The summed E-state index contributed by atoms with van der Waals surface area (Å²) in [5.74, 6) is 2.70. The van der Waals surface area contributed by atoms with Crippen molar-refractivity contribution in [2.24, 2.45) is 40.4 Å². The summed E-state index contributed by atoms with van der Waals surface area (Å²) in [6.45, 7) is 12.5. The standard InChI is InChI=1S/C17H28O2.C15H24O3.4CH4/c1-5-15(2,3)14(18)19-17-9-12-6-13(10-17)8-16(4,7-12)11-17;1-3-10(2)13(16)18-15-7-11-4-12(8-15)6-14(17,5-11)9-15;;;;/h12-13H,5-11H2,1-4H3;10-12,17H,3-9H2,1-2H3;4*1H4. The summed E-state index contributed by atoms with van der Waals surface area (Å²) < 4.78 is 12.0. The number of aliphatic hydroxyl groups is 1. The zero-order valence-corrected chi connectivity index (χ0v) is 24.4. The SMILES string of the molecule is C.C.C.C.CCC(C)(C)C(=O)OC12CC3CC(CC(C)(C3)C1)C2.CCC(C)C(=O)OC12CC3CC(CC(O)(C3)C1)C2. The highest BCUT2D eigenvalue weighted by Crippen LogP contribution is 2.63. The van der Waals surface area contributed by atoms with Crippen molar-refractivity contribution in [2.75, 3.05) is 0 Å². The Hall–Kier alpha value is -1.10. The average Bonchev–Trinajstić information content (AvgIpc) is 2.74. The molecule has 0 aromatic carbocycles. The minimum Gasteiger partial charge on any atom is -0.459 e. The van der Waals surface area contributed by atoms with Gasteiger partial charge in [0.25, 0.3) is 0 Å². The van der Waals surface area contributed by atoms with Gasteiger partial charge in [0.15, 0.2) is 0 Å². The maximum atomic E-state index is 12.5. The summed E-state index contributed by atoms with van der Waals surface area (Å²) in [5.41, 5.74) is -0.869. The Labute approximate surface area is 254 Å². The van der Waals surface area contributed by atoms with Crippen LogP contribution in [0.5, 0.6) is 0 Å². The van der Waals surface area contributed by atoms with Gasteiger partial charge in [-0.1, -0.05) is 57.4 Å². The molecule has 8 aliphatic rings. The second-order valence-corrected chi connectivity index (χ2v) is 15.7. The van der Waals surface area contributed by atoms with Crippen LogP contribution in [0.25, 0.3) is 0 Å². The smallest absolute Gasteiger partial charge is 0.312 e. The van der Waals surface area contributed by atoms with E-state index in [9.17, 15) is 14.7 Å². The van der Waals surface area contributed by atoms with Gasteiger partial charge in [0, 0.05) is 6.42 Å². The summed E-state index contributed by atoms with van der Waals surface area (Å²) in [6.07, 6.45) is 14.9. The fourth-order valence-corrected chi connectivity index (χ4v) is 9.96. The predicted octanol–water partition coefficient (Wildman–Crippen LogP) is 9.53. The molecule has 5 atom stereocenters. The van der Waals surface area contributed by atoms with Crippen LogP contribution in [0, 0.1) is 40.4 Å². The molecule has 0 saturated heterocycles. The molecule has 1 N–H and O–H groups in total. The topological polar surface area (TPSA) is 72.8 Å². The summed E-state index contributed by atoms with van der Waals surface area (Å²) in [7, 11) is 0. The molecule has 242 valence electrons. The van der Waals surface area contributed by atoms with Crippen LogP contribution in [0.15, 0.2) is 0 Å². The lowest BCUT2D eigenvalue weighted by molar-refractivity contribution is -0.222. The van der Waals surface area contributed by atoms with Crippen LogP contribution >= 0.6 is 0 Å². The van der Waals surface area contributed by atoms with Gasteiger partial charge in [-0.2, -0.15) is 0 Å². The Balaban J connectivity index is 0.000000374. The van der Waals surface area contributed by atoms with Crippen molar-refractivity contribution >= 4 is 11.9 Å². The molecule has 41 heavy (non-hydrogen) atoms. The Kier molecular flexibility index (Phi) is 11.9. The maximum Gasteiger partial charge on any atom is 0.312 e. The van der Waals surface area contributed by atoms with Crippen LogP contribution in [0.4, 0.5) is 0 Å². The van der Waals surface area contributed by atoms with Gasteiger partial charge >= 0.3 is 11.9 Å². The van der Waals surface area contributed by atoms with Crippen molar-refractivity contribution in [2.45, 2.75) is 178 Å². The highest BCUT2D eigenvalue weighted by Gasteiger charge is 2.60. The van der Waals surface area contributed by atoms with Crippen LogP contribution in [0.2, 0.25) is 0 Å². The van der Waals surface area contributed by atoms with Gasteiger partial charge in [-0.3, -0.25) is 9.59 Å². The van der Waals surface area contributed by atoms with Crippen LogP contribution < -0.4 is 0 Å². The second-order valence-electron chi connectivity index (χ2n) is 15.7. The van der Waals surface area contributed by atoms with Crippen molar-refractivity contribution in [1.29, 1.82) is 0 Å². The summed E-state index contributed by atoms with van der Waals surface area (Å²) in [6, 6.07) is 0. The van der Waals surface area contributed by atoms with E-state index in [1.807, 2.05) is 27.7 Å².